The number of hydrogen-bond donors (Lipinski definition) is 1. The molecule has 0 aliphatic rings. The zero-order valence-corrected chi connectivity index (χ0v) is 12.2. The summed E-state index contributed by atoms with van der Waals surface area (Å²) in [6.07, 6.45) is 0. The molecular weight excluding hydrogens is 299 g/mol. The smallest absolute Gasteiger partial charge is 0.0813 e. The summed E-state index contributed by atoms with van der Waals surface area (Å²) in [4.78, 5) is 4.26. The molecule has 0 unspecified atom stereocenters. The number of rotatable bonds is 3. The van der Waals surface area contributed by atoms with Crippen LogP contribution in [0.3, 0.4) is 0 Å². The molecule has 1 aromatic heterocycles. The second-order valence-corrected chi connectivity index (χ2v) is 5.85. The SMILES string of the molecule is Clc1ccc(CNc2ccc3ncsc3c2)c(Cl)c1. The van der Waals surface area contributed by atoms with Gasteiger partial charge in [-0.1, -0.05) is 29.3 Å². The zero-order valence-electron chi connectivity index (χ0n) is 9.86. The van der Waals surface area contributed by atoms with Crippen LogP contribution in [0.4, 0.5) is 5.69 Å². The maximum absolute atomic E-state index is 6.14. The van der Waals surface area contributed by atoms with Crippen molar-refractivity contribution in [1.82, 2.24) is 4.98 Å². The summed E-state index contributed by atoms with van der Waals surface area (Å²) in [6, 6.07) is 11.7. The molecule has 0 atom stereocenters. The van der Waals surface area contributed by atoms with Crippen molar-refractivity contribution in [2.24, 2.45) is 0 Å². The number of aromatic nitrogens is 1. The minimum absolute atomic E-state index is 0.653. The molecule has 0 bridgehead atoms. The molecule has 0 amide bonds. The minimum Gasteiger partial charge on any atom is -0.381 e. The maximum Gasteiger partial charge on any atom is 0.0813 e. The molecule has 2 nitrogen and oxygen atoms in total. The Labute approximate surface area is 125 Å². The number of halogens is 2. The number of nitrogens with zero attached hydrogens (tertiary/aromatic N) is 1. The highest BCUT2D eigenvalue weighted by molar-refractivity contribution is 7.16. The van der Waals surface area contributed by atoms with Crippen LogP contribution >= 0.6 is 34.5 Å². The molecule has 0 saturated heterocycles. The summed E-state index contributed by atoms with van der Waals surface area (Å²) in [5.41, 5.74) is 4.96. The fraction of sp³-hybridized carbons (Fsp3) is 0.0714. The van der Waals surface area contributed by atoms with Crippen molar-refractivity contribution in [3.05, 3.63) is 57.5 Å². The molecule has 0 aliphatic heterocycles. The molecule has 0 aliphatic carbocycles. The highest BCUT2D eigenvalue weighted by atomic mass is 35.5. The van der Waals surface area contributed by atoms with Gasteiger partial charge in [0.25, 0.3) is 0 Å². The summed E-state index contributed by atoms with van der Waals surface area (Å²) in [6.45, 7) is 0.667. The summed E-state index contributed by atoms with van der Waals surface area (Å²) in [7, 11) is 0. The molecular formula is C14H10Cl2N2S. The van der Waals surface area contributed by atoms with Crippen molar-refractivity contribution in [3.8, 4) is 0 Å². The van der Waals surface area contributed by atoms with Gasteiger partial charge in [0, 0.05) is 22.3 Å². The third-order valence-electron chi connectivity index (χ3n) is 2.83. The molecule has 1 N–H and O–H groups in total. The maximum atomic E-state index is 6.14. The molecule has 3 aromatic rings. The quantitative estimate of drug-likeness (QED) is 0.718. The molecule has 0 radical (unpaired) electrons. The van der Waals surface area contributed by atoms with Crippen LogP contribution in [-0.2, 0) is 6.54 Å². The van der Waals surface area contributed by atoms with Gasteiger partial charge in [-0.05, 0) is 35.9 Å². The Bertz CT molecular complexity index is 724. The van der Waals surface area contributed by atoms with Crippen LogP contribution in [0.25, 0.3) is 10.2 Å². The van der Waals surface area contributed by atoms with E-state index in [1.165, 1.54) is 4.70 Å². The largest absolute Gasteiger partial charge is 0.381 e. The van der Waals surface area contributed by atoms with Crippen molar-refractivity contribution in [1.29, 1.82) is 0 Å². The molecule has 0 saturated carbocycles. The Kier molecular flexibility index (Phi) is 3.60. The number of anilines is 1. The van der Waals surface area contributed by atoms with Gasteiger partial charge in [-0.2, -0.15) is 0 Å². The Morgan fingerprint density at radius 2 is 2.00 bits per heavy atom. The summed E-state index contributed by atoms with van der Waals surface area (Å²) < 4.78 is 1.17. The van der Waals surface area contributed by atoms with Crippen molar-refractivity contribution < 1.29 is 0 Å². The summed E-state index contributed by atoms with van der Waals surface area (Å²) >= 11 is 13.7. The predicted octanol–water partition coefficient (Wildman–Crippen LogP) is 5.22. The number of fused-ring (bicyclic) bond motifs is 1. The van der Waals surface area contributed by atoms with Crippen LogP contribution in [0.2, 0.25) is 10.0 Å². The van der Waals surface area contributed by atoms with Crippen LogP contribution in [0, 0.1) is 0 Å². The van der Waals surface area contributed by atoms with E-state index in [9.17, 15) is 0 Å². The van der Waals surface area contributed by atoms with Gasteiger partial charge in [0.15, 0.2) is 0 Å². The molecule has 5 heteroatoms. The number of thiazole rings is 1. The fourth-order valence-corrected chi connectivity index (χ4v) is 3.02. The van der Waals surface area contributed by atoms with Gasteiger partial charge >= 0.3 is 0 Å². The zero-order chi connectivity index (χ0) is 13.2. The normalized spacial score (nSPS) is 10.8. The Morgan fingerprint density at radius 1 is 1.11 bits per heavy atom. The Balaban J connectivity index is 1.77. The molecule has 0 spiro atoms. The average molecular weight is 309 g/mol. The van der Waals surface area contributed by atoms with Gasteiger partial charge in [0.1, 0.15) is 0 Å². The highest BCUT2D eigenvalue weighted by Gasteiger charge is 2.02. The van der Waals surface area contributed by atoms with Crippen LogP contribution in [0.15, 0.2) is 41.9 Å². The van der Waals surface area contributed by atoms with E-state index < -0.39 is 0 Å². The monoisotopic (exact) mass is 308 g/mol. The van der Waals surface area contributed by atoms with E-state index in [1.54, 1.807) is 17.4 Å². The summed E-state index contributed by atoms with van der Waals surface area (Å²) in [5, 5.41) is 4.69. The van der Waals surface area contributed by atoms with Gasteiger partial charge in [-0.15, -0.1) is 11.3 Å². The van der Waals surface area contributed by atoms with Gasteiger partial charge in [-0.25, -0.2) is 4.98 Å². The van der Waals surface area contributed by atoms with E-state index in [-0.39, 0.29) is 0 Å². The van der Waals surface area contributed by atoms with Gasteiger partial charge < -0.3 is 5.32 Å². The molecule has 96 valence electrons. The first-order valence-corrected chi connectivity index (χ1v) is 7.37. The van der Waals surface area contributed by atoms with Gasteiger partial charge in [-0.3, -0.25) is 0 Å². The topological polar surface area (TPSA) is 24.9 Å². The summed E-state index contributed by atoms with van der Waals surface area (Å²) in [5.74, 6) is 0. The van der Waals surface area contributed by atoms with Crippen molar-refractivity contribution in [3.63, 3.8) is 0 Å². The van der Waals surface area contributed by atoms with Crippen LogP contribution in [-0.4, -0.2) is 4.98 Å². The van der Waals surface area contributed by atoms with E-state index in [1.807, 2.05) is 29.8 Å². The van der Waals surface area contributed by atoms with E-state index in [4.69, 9.17) is 23.2 Å². The minimum atomic E-state index is 0.653. The predicted molar refractivity (Wildman–Crippen MR) is 83.4 cm³/mol. The molecule has 3 rings (SSSR count). The van der Waals surface area contributed by atoms with Crippen molar-refractivity contribution in [2.45, 2.75) is 6.54 Å². The third kappa shape index (κ3) is 2.84. The van der Waals surface area contributed by atoms with E-state index in [2.05, 4.69) is 16.4 Å². The second kappa shape index (κ2) is 5.37. The van der Waals surface area contributed by atoms with Gasteiger partial charge in [0.2, 0.25) is 0 Å². The molecule has 1 heterocycles. The molecule has 0 fully saturated rings. The van der Waals surface area contributed by atoms with Crippen LogP contribution < -0.4 is 5.32 Å². The first-order chi connectivity index (χ1) is 9.22. The van der Waals surface area contributed by atoms with E-state index in [0.717, 1.165) is 16.8 Å². The fourth-order valence-electron chi connectivity index (χ4n) is 1.83. The third-order valence-corrected chi connectivity index (χ3v) is 4.21. The van der Waals surface area contributed by atoms with Gasteiger partial charge in [0.05, 0.1) is 15.7 Å². The Morgan fingerprint density at radius 3 is 2.84 bits per heavy atom. The van der Waals surface area contributed by atoms with Crippen molar-refractivity contribution >= 4 is 50.4 Å². The van der Waals surface area contributed by atoms with E-state index in [0.29, 0.717) is 16.6 Å². The van der Waals surface area contributed by atoms with Crippen molar-refractivity contribution in [2.75, 3.05) is 5.32 Å². The molecule has 2 aromatic carbocycles. The average Bonchev–Trinajstić information content (AvgIpc) is 2.85. The van der Waals surface area contributed by atoms with Crippen LogP contribution in [0.5, 0.6) is 0 Å². The first kappa shape index (κ1) is 12.7. The number of benzene rings is 2. The lowest BCUT2D eigenvalue weighted by Gasteiger charge is -2.08. The second-order valence-electron chi connectivity index (χ2n) is 4.12. The highest BCUT2D eigenvalue weighted by Crippen LogP contribution is 2.24. The van der Waals surface area contributed by atoms with Crippen LogP contribution in [0.1, 0.15) is 5.56 Å². The number of hydrogen-bond acceptors (Lipinski definition) is 3. The first-order valence-electron chi connectivity index (χ1n) is 5.73. The lowest BCUT2D eigenvalue weighted by molar-refractivity contribution is 1.15. The number of nitrogens with one attached hydrogen (secondary N) is 1. The molecule has 19 heavy (non-hydrogen) atoms. The Hall–Kier alpha value is -1.29. The standard InChI is InChI=1S/C14H10Cl2N2S/c15-10-2-1-9(12(16)5-10)7-17-11-3-4-13-14(6-11)19-8-18-13/h1-6,8,17H,7H2. The van der Waals surface area contributed by atoms with E-state index >= 15 is 0 Å². The lowest BCUT2D eigenvalue weighted by atomic mass is 10.2. The lowest BCUT2D eigenvalue weighted by Crippen LogP contribution is -1.99.